The van der Waals surface area contributed by atoms with Gasteiger partial charge in [0.05, 0.1) is 11.7 Å². The molecular weight excluding hydrogens is 356 g/mol. The summed E-state index contributed by atoms with van der Waals surface area (Å²) in [5.74, 6) is 4.94. The number of rotatable bonds is 5. The van der Waals surface area contributed by atoms with Crippen molar-refractivity contribution < 1.29 is 10.2 Å². The van der Waals surface area contributed by atoms with E-state index in [1.54, 1.807) is 0 Å². The molecule has 0 aromatic carbocycles. The first-order valence-corrected chi connectivity index (χ1v) is 13.0. The molecule has 0 amide bonds. The largest absolute Gasteiger partial charge is 0.393 e. The number of fused-ring (bicyclic) bond motifs is 5. The molecule has 4 aliphatic carbocycles. The Kier molecular flexibility index (Phi) is 5.95. The number of aliphatic hydroxyl groups excluding tert-OH is 1. The topological polar surface area (TPSA) is 40.5 Å². The fourth-order valence-electron chi connectivity index (χ4n) is 9.25. The van der Waals surface area contributed by atoms with E-state index in [0.29, 0.717) is 17.8 Å². The number of aliphatic hydroxyl groups is 2. The summed E-state index contributed by atoms with van der Waals surface area (Å²) in [6, 6.07) is 0. The van der Waals surface area contributed by atoms with Crippen molar-refractivity contribution >= 4 is 0 Å². The summed E-state index contributed by atoms with van der Waals surface area (Å²) in [7, 11) is 0. The van der Waals surface area contributed by atoms with Gasteiger partial charge in [0.25, 0.3) is 0 Å². The average molecular weight is 405 g/mol. The van der Waals surface area contributed by atoms with Gasteiger partial charge in [-0.25, -0.2) is 0 Å². The van der Waals surface area contributed by atoms with Crippen LogP contribution in [0.3, 0.4) is 0 Å². The van der Waals surface area contributed by atoms with E-state index >= 15 is 0 Å². The Balaban J connectivity index is 1.49. The fraction of sp³-hybridized carbons (Fsp3) is 1.00. The monoisotopic (exact) mass is 404 g/mol. The van der Waals surface area contributed by atoms with E-state index in [0.717, 1.165) is 48.9 Å². The first-order chi connectivity index (χ1) is 13.6. The van der Waals surface area contributed by atoms with E-state index < -0.39 is 5.60 Å². The number of hydrogen-bond acceptors (Lipinski definition) is 2. The summed E-state index contributed by atoms with van der Waals surface area (Å²) >= 11 is 0. The molecule has 0 aromatic heterocycles. The minimum Gasteiger partial charge on any atom is -0.393 e. The molecule has 4 fully saturated rings. The van der Waals surface area contributed by atoms with Gasteiger partial charge in [0, 0.05) is 6.42 Å². The molecule has 0 unspecified atom stereocenters. The Morgan fingerprint density at radius 3 is 2.34 bits per heavy atom. The van der Waals surface area contributed by atoms with Gasteiger partial charge in [0.15, 0.2) is 0 Å². The third-order valence-corrected chi connectivity index (χ3v) is 11.0. The molecule has 0 aliphatic heterocycles. The van der Waals surface area contributed by atoms with Crippen molar-refractivity contribution in [2.24, 2.45) is 46.3 Å². The molecule has 9 atom stereocenters. The van der Waals surface area contributed by atoms with Crippen LogP contribution in [0.4, 0.5) is 0 Å². The average Bonchev–Trinajstić information content (AvgIpc) is 2.99. The maximum absolute atomic E-state index is 11.6. The van der Waals surface area contributed by atoms with E-state index in [-0.39, 0.29) is 11.5 Å². The molecule has 0 spiro atoms. The lowest BCUT2D eigenvalue weighted by Crippen LogP contribution is -2.62. The molecule has 4 rings (SSSR count). The Morgan fingerprint density at radius 2 is 1.62 bits per heavy atom. The Morgan fingerprint density at radius 1 is 0.862 bits per heavy atom. The van der Waals surface area contributed by atoms with Gasteiger partial charge in [0.2, 0.25) is 0 Å². The lowest BCUT2D eigenvalue weighted by molar-refractivity contribution is -0.220. The van der Waals surface area contributed by atoms with Crippen molar-refractivity contribution in [3.63, 3.8) is 0 Å². The standard InChI is InChI=1S/C27H48O2/c1-18(2)7-6-8-19(3)22-9-10-23-21-12-16-27(29)17-20(28)11-15-26(27,5)24(21)13-14-25(22,23)4/h18-24,28-29H,6-17H2,1-5H3/t19-,20-,21+,22-,23+,24+,25-,26-,27+/m1/s1. The van der Waals surface area contributed by atoms with Crippen LogP contribution in [0, 0.1) is 46.3 Å². The molecule has 2 nitrogen and oxygen atoms in total. The van der Waals surface area contributed by atoms with Crippen LogP contribution >= 0.6 is 0 Å². The SMILES string of the molecule is CC(C)CCC[C@@H](C)[C@H]1CC[C@H]2[C@@H]3CC[C@]4(O)C[C@H](O)CC[C@]4(C)[C@H]3CC[C@]12C. The zero-order chi connectivity index (χ0) is 21.0. The second kappa shape index (κ2) is 7.80. The highest BCUT2D eigenvalue weighted by atomic mass is 16.3. The van der Waals surface area contributed by atoms with Crippen LogP contribution in [0.15, 0.2) is 0 Å². The predicted molar refractivity (Wildman–Crippen MR) is 121 cm³/mol. The van der Waals surface area contributed by atoms with Gasteiger partial charge >= 0.3 is 0 Å². The number of hydrogen-bond donors (Lipinski definition) is 2. The minimum absolute atomic E-state index is 0.0252. The van der Waals surface area contributed by atoms with Gasteiger partial charge in [0.1, 0.15) is 0 Å². The minimum atomic E-state index is -0.623. The van der Waals surface area contributed by atoms with Crippen LogP contribution < -0.4 is 0 Å². The Hall–Kier alpha value is -0.0800. The maximum atomic E-state index is 11.6. The molecule has 0 bridgehead atoms. The summed E-state index contributed by atoms with van der Waals surface area (Å²) in [5.41, 5.74) is -0.0719. The fourth-order valence-corrected chi connectivity index (χ4v) is 9.25. The second-order valence-corrected chi connectivity index (χ2v) is 12.8. The highest BCUT2D eigenvalue weighted by molar-refractivity contribution is 5.14. The van der Waals surface area contributed by atoms with E-state index in [9.17, 15) is 10.2 Å². The smallest absolute Gasteiger partial charge is 0.0728 e. The lowest BCUT2D eigenvalue weighted by atomic mass is 9.43. The second-order valence-electron chi connectivity index (χ2n) is 12.8. The Labute approximate surface area is 180 Å². The normalized spacial score (nSPS) is 50.7. The van der Waals surface area contributed by atoms with Gasteiger partial charge in [-0.2, -0.15) is 0 Å². The molecule has 29 heavy (non-hydrogen) atoms. The van der Waals surface area contributed by atoms with E-state index in [4.69, 9.17) is 0 Å². The van der Waals surface area contributed by atoms with Crippen molar-refractivity contribution in [1.82, 2.24) is 0 Å². The molecule has 0 heterocycles. The molecular formula is C27H48O2. The van der Waals surface area contributed by atoms with Crippen molar-refractivity contribution in [2.45, 2.75) is 123 Å². The zero-order valence-corrected chi connectivity index (χ0v) is 19.9. The first-order valence-electron chi connectivity index (χ1n) is 13.0. The molecule has 0 radical (unpaired) electrons. The van der Waals surface area contributed by atoms with Crippen LogP contribution in [0.2, 0.25) is 0 Å². The van der Waals surface area contributed by atoms with E-state index in [1.807, 2.05) is 0 Å². The van der Waals surface area contributed by atoms with Gasteiger partial charge in [-0.1, -0.05) is 53.9 Å². The zero-order valence-electron chi connectivity index (χ0n) is 19.9. The molecule has 168 valence electrons. The van der Waals surface area contributed by atoms with Gasteiger partial charge in [-0.05, 0) is 97.7 Å². The molecule has 4 saturated carbocycles. The lowest BCUT2D eigenvalue weighted by Gasteiger charge is -2.64. The summed E-state index contributed by atoms with van der Waals surface area (Å²) in [4.78, 5) is 0. The van der Waals surface area contributed by atoms with Crippen LogP contribution in [-0.2, 0) is 0 Å². The van der Waals surface area contributed by atoms with Gasteiger partial charge in [-0.3, -0.25) is 0 Å². The highest BCUT2D eigenvalue weighted by Crippen LogP contribution is 2.69. The Bertz CT molecular complexity index is 587. The molecule has 2 N–H and O–H groups in total. The van der Waals surface area contributed by atoms with Crippen LogP contribution in [-0.4, -0.2) is 21.9 Å². The van der Waals surface area contributed by atoms with Gasteiger partial charge < -0.3 is 10.2 Å². The third kappa shape index (κ3) is 3.53. The van der Waals surface area contributed by atoms with Crippen molar-refractivity contribution in [2.75, 3.05) is 0 Å². The first kappa shape index (κ1) is 22.1. The molecule has 4 aliphatic rings. The van der Waals surface area contributed by atoms with Crippen LogP contribution in [0.25, 0.3) is 0 Å². The predicted octanol–water partition coefficient (Wildman–Crippen LogP) is 6.58. The van der Waals surface area contributed by atoms with Crippen molar-refractivity contribution in [1.29, 1.82) is 0 Å². The summed E-state index contributed by atoms with van der Waals surface area (Å²) < 4.78 is 0. The third-order valence-electron chi connectivity index (χ3n) is 11.0. The van der Waals surface area contributed by atoms with Gasteiger partial charge in [-0.15, -0.1) is 0 Å². The summed E-state index contributed by atoms with van der Waals surface area (Å²) in [6.45, 7) is 12.3. The quantitative estimate of drug-likeness (QED) is 0.543. The van der Waals surface area contributed by atoms with Crippen molar-refractivity contribution in [3.05, 3.63) is 0 Å². The summed E-state index contributed by atoms with van der Waals surface area (Å²) in [5, 5.41) is 21.8. The molecule has 2 heteroatoms. The van der Waals surface area contributed by atoms with Crippen LogP contribution in [0.5, 0.6) is 0 Å². The molecule has 0 aromatic rings. The van der Waals surface area contributed by atoms with E-state index in [1.165, 1.54) is 51.4 Å². The van der Waals surface area contributed by atoms with E-state index in [2.05, 4.69) is 34.6 Å². The molecule has 0 saturated heterocycles. The van der Waals surface area contributed by atoms with Crippen molar-refractivity contribution in [3.8, 4) is 0 Å². The summed E-state index contributed by atoms with van der Waals surface area (Å²) in [6.07, 6.45) is 14.1. The highest BCUT2D eigenvalue weighted by Gasteiger charge is 2.64. The maximum Gasteiger partial charge on any atom is 0.0728 e. The van der Waals surface area contributed by atoms with Crippen LogP contribution in [0.1, 0.15) is 112 Å².